The summed E-state index contributed by atoms with van der Waals surface area (Å²) in [6, 6.07) is 25.8. The monoisotopic (exact) mass is 669 g/mol. The van der Waals surface area contributed by atoms with E-state index in [2.05, 4.69) is 5.32 Å². The fourth-order valence-corrected chi connectivity index (χ4v) is 6.61. The second-order valence-electron chi connectivity index (χ2n) is 11.5. The smallest absolute Gasteiger partial charge is 0.264 e. The van der Waals surface area contributed by atoms with Gasteiger partial charge in [-0.2, -0.15) is 0 Å². The lowest BCUT2D eigenvalue weighted by molar-refractivity contribution is -0.140. The van der Waals surface area contributed by atoms with Crippen molar-refractivity contribution in [3.8, 4) is 0 Å². The van der Waals surface area contributed by atoms with E-state index < -0.39 is 45.8 Å². The highest BCUT2D eigenvalue weighted by atomic mass is 35.5. The Morgan fingerprint density at radius 2 is 1.47 bits per heavy atom. The molecule has 0 aliphatic heterocycles. The molecule has 0 saturated heterocycles. The molecule has 0 aliphatic rings. The molecule has 4 aromatic rings. The van der Waals surface area contributed by atoms with Crippen molar-refractivity contribution < 1.29 is 22.4 Å². The largest absolute Gasteiger partial charge is 0.350 e. The van der Waals surface area contributed by atoms with Gasteiger partial charge in [-0.15, -0.1) is 0 Å². The maximum atomic E-state index is 15.0. The molecule has 0 saturated carbocycles. The molecular weight excluding hydrogens is 636 g/mol. The number of carbonyl (C=O) groups is 2. The number of sulfonamides is 1. The average Bonchev–Trinajstić information content (AvgIpc) is 2.99. The number of nitrogens with zero attached hydrogens (tertiary/aromatic N) is 2. The van der Waals surface area contributed by atoms with Crippen LogP contribution < -0.4 is 9.62 Å². The third-order valence-corrected chi connectivity index (χ3v) is 9.18. The molecular formula is C34H34Cl2FN3O4S. The number of carbonyl (C=O) groups excluding carboxylic acids is 2. The summed E-state index contributed by atoms with van der Waals surface area (Å²) in [5.74, 6) is -1.80. The highest BCUT2D eigenvalue weighted by Crippen LogP contribution is 2.33. The van der Waals surface area contributed by atoms with Crippen molar-refractivity contribution in [1.29, 1.82) is 0 Å². The van der Waals surface area contributed by atoms with E-state index in [9.17, 15) is 18.0 Å². The summed E-state index contributed by atoms with van der Waals surface area (Å²) in [5, 5.41) is 3.18. The van der Waals surface area contributed by atoms with E-state index in [1.165, 1.54) is 53.4 Å². The molecule has 1 N–H and O–H groups in total. The predicted octanol–water partition coefficient (Wildman–Crippen LogP) is 6.88. The molecule has 0 aliphatic carbocycles. The Morgan fingerprint density at radius 1 is 0.867 bits per heavy atom. The van der Waals surface area contributed by atoms with Gasteiger partial charge in [0.2, 0.25) is 11.8 Å². The molecule has 0 bridgehead atoms. The molecule has 7 nitrogen and oxygen atoms in total. The number of benzene rings is 4. The minimum Gasteiger partial charge on any atom is -0.350 e. The first-order valence-corrected chi connectivity index (χ1v) is 16.4. The van der Waals surface area contributed by atoms with E-state index in [0.29, 0.717) is 0 Å². The fraction of sp³-hybridized carbons (Fsp3) is 0.235. The number of nitrogens with one attached hydrogen (secondary N) is 1. The van der Waals surface area contributed by atoms with Crippen LogP contribution in [0.3, 0.4) is 0 Å². The van der Waals surface area contributed by atoms with Crippen LogP contribution >= 0.6 is 23.2 Å². The minimum absolute atomic E-state index is 0.0223. The van der Waals surface area contributed by atoms with Gasteiger partial charge in [0.1, 0.15) is 18.4 Å². The van der Waals surface area contributed by atoms with E-state index in [1.807, 2.05) is 51.1 Å². The van der Waals surface area contributed by atoms with Gasteiger partial charge in [0, 0.05) is 29.1 Å². The SMILES string of the molecule is CC(C)(C)NC(=O)[C@@H](Cc1ccccc1)N(Cc1ccccc1F)C(=O)CN(c1cc(Cl)ccc1Cl)S(=O)(=O)c1ccccc1. The molecule has 236 valence electrons. The molecule has 0 spiro atoms. The van der Waals surface area contributed by atoms with Crippen LogP contribution in [-0.4, -0.2) is 43.3 Å². The van der Waals surface area contributed by atoms with Crippen molar-refractivity contribution in [1.82, 2.24) is 10.2 Å². The zero-order chi connectivity index (χ0) is 32.8. The Bertz CT molecular complexity index is 1750. The highest BCUT2D eigenvalue weighted by molar-refractivity contribution is 7.92. The van der Waals surface area contributed by atoms with Crippen LogP contribution in [0.2, 0.25) is 10.0 Å². The number of hydrogen-bond donors (Lipinski definition) is 1. The number of rotatable bonds is 11. The summed E-state index contributed by atoms with van der Waals surface area (Å²) in [6.45, 7) is 4.37. The lowest BCUT2D eigenvalue weighted by Crippen LogP contribution is -2.56. The van der Waals surface area contributed by atoms with Gasteiger partial charge in [-0.3, -0.25) is 13.9 Å². The van der Waals surface area contributed by atoms with Gasteiger partial charge in [0.05, 0.1) is 15.6 Å². The van der Waals surface area contributed by atoms with Gasteiger partial charge in [0.25, 0.3) is 10.0 Å². The van der Waals surface area contributed by atoms with Crippen molar-refractivity contribution in [3.63, 3.8) is 0 Å². The Balaban J connectivity index is 1.85. The zero-order valence-electron chi connectivity index (χ0n) is 25.1. The average molecular weight is 671 g/mol. The molecule has 45 heavy (non-hydrogen) atoms. The molecule has 0 heterocycles. The van der Waals surface area contributed by atoms with Gasteiger partial charge in [0.15, 0.2) is 0 Å². The topological polar surface area (TPSA) is 86.8 Å². The van der Waals surface area contributed by atoms with Gasteiger partial charge in [-0.05, 0) is 62.7 Å². The van der Waals surface area contributed by atoms with Crippen molar-refractivity contribution in [3.05, 3.63) is 130 Å². The second-order valence-corrected chi connectivity index (χ2v) is 14.2. The van der Waals surface area contributed by atoms with Crippen molar-refractivity contribution in [2.75, 3.05) is 10.8 Å². The van der Waals surface area contributed by atoms with E-state index in [1.54, 1.807) is 24.3 Å². The normalized spacial score (nSPS) is 12.3. The summed E-state index contributed by atoms with van der Waals surface area (Å²) in [6.07, 6.45) is 0.0896. The number of amides is 2. The third kappa shape index (κ3) is 8.84. The van der Waals surface area contributed by atoms with Crippen LogP contribution in [0.25, 0.3) is 0 Å². The third-order valence-electron chi connectivity index (χ3n) is 6.85. The zero-order valence-corrected chi connectivity index (χ0v) is 27.4. The van der Waals surface area contributed by atoms with Crippen LogP contribution in [0, 0.1) is 5.82 Å². The fourth-order valence-electron chi connectivity index (χ4n) is 4.73. The van der Waals surface area contributed by atoms with Crippen LogP contribution in [0.1, 0.15) is 31.9 Å². The molecule has 2 amide bonds. The Hall–Kier alpha value is -3.92. The van der Waals surface area contributed by atoms with Gasteiger partial charge in [-0.1, -0.05) is 89.9 Å². The molecule has 0 aromatic heterocycles. The van der Waals surface area contributed by atoms with Crippen LogP contribution in [0.15, 0.2) is 108 Å². The minimum atomic E-state index is -4.37. The maximum absolute atomic E-state index is 15.0. The number of hydrogen-bond acceptors (Lipinski definition) is 4. The van der Waals surface area contributed by atoms with Crippen LogP contribution in [-0.2, 0) is 32.6 Å². The van der Waals surface area contributed by atoms with Crippen molar-refractivity contribution >= 4 is 50.7 Å². The van der Waals surface area contributed by atoms with Gasteiger partial charge in [-0.25, -0.2) is 12.8 Å². The van der Waals surface area contributed by atoms with E-state index in [4.69, 9.17) is 23.2 Å². The molecule has 11 heteroatoms. The first-order valence-electron chi connectivity index (χ1n) is 14.2. The lowest BCUT2D eigenvalue weighted by atomic mass is 10.0. The quantitative estimate of drug-likeness (QED) is 0.189. The highest BCUT2D eigenvalue weighted by Gasteiger charge is 2.36. The second kappa shape index (κ2) is 14.5. The first kappa shape index (κ1) is 34.0. The Kier molecular flexibility index (Phi) is 10.9. The van der Waals surface area contributed by atoms with Crippen LogP contribution in [0.4, 0.5) is 10.1 Å². The predicted molar refractivity (Wildman–Crippen MR) is 176 cm³/mol. The Morgan fingerprint density at radius 3 is 2.09 bits per heavy atom. The summed E-state index contributed by atoms with van der Waals surface area (Å²) in [5.41, 5.74) is 0.233. The molecule has 1 atom stereocenters. The van der Waals surface area contributed by atoms with E-state index in [0.717, 1.165) is 9.87 Å². The standard InChI is InChI=1S/C34H34Cl2FN3O4S/c1-34(2,3)38-33(42)31(20-24-12-6-4-7-13-24)39(22-25-14-10-11-17-29(25)37)32(41)23-40(30-21-26(35)18-19-28(30)36)45(43,44)27-15-8-5-9-16-27/h4-19,21,31H,20,22-23H2,1-3H3,(H,38,42)/t31-/m1/s1. The molecule has 4 rings (SSSR count). The summed E-state index contributed by atoms with van der Waals surface area (Å²) in [4.78, 5) is 29.5. The number of anilines is 1. The molecule has 0 unspecified atom stereocenters. The van der Waals surface area contributed by atoms with Crippen LogP contribution in [0.5, 0.6) is 0 Å². The Labute approximate surface area is 273 Å². The first-order chi connectivity index (χ1) is 21.3. The summed E-state index contributed by atoms with van der Waals surface area (Å²) in [7, 11) is -4.37. The molecule has 0 radical (unpaired) electrons. The molecule has 0 fully saturated rings. The molecule has 4 aromatic carbocycles. The summed E-state index contributed by atoms with van der Waals surface area (Å²) < 4.78 is 44.0. The lowest BCUT2D eigenvalue weighted by Gasteiger charge is -2.35. The summed E-state index contributed by atoms with van der Waals surface area (Å²) >= 11 is 12.7. The van der Waals surface area contributed by atoms with Crippen molar-refractivity contribution in [2.24, 2.45) is 0 Å². The van der Waals surface area contributed by atoms with Crippen molar-refractivity contribution in [2.45, 2.75) is 50.2 Å². The number of halogens is 3. The maximum Gasteiger partial charge on any atom is 0.264 e. The van der Waals surface area contributed by atoms with Gasteiger partial charge >= 0.3 is 0 Å². The van der Waals surface area contributed by atoms with Gasteiger partial charge < -0.3 is 10.2 Å². The van der Waals surface area contributed by atoms with E-state index >= 15 is 4.39 Å². The van der Waals surface area contributed by atoms with E-state index in [-0.39, 0.29) is 39.2 Å².